The number of aryl methyl sites for hydroxylation is 1. The summed E-state index contributed by atoms with van der Waals surface area (Å²) in [5.74, 6) is -0.386. The Morgan fingerprint density at radius 3 is 2.23 bits per heavy atom. The maximum absolute atomic E-state index is 12.8. The SMILES string of the molecule is Cc1ccc(C2C(S(=O)(=O)c3ccccc3)C2(N)CO)cc1. The van der Waals surface area contributed by atoms with Gasteiger partial charge in [-0.2, -0.15) is 0 Å². The molecule has 4 nitrogen and oxygen atoms in total. The molecule has 3 N–H and O–H groups in total. The van der Waals surface area contributed by atoms with Crippen LogP contribution in [0.1, 0.15) is 17.0 Å². The lowest BCUT2D eigenvalue weighted by Gasteiger charge is -2.08. The molecule has 5 heteroatoms. The van der Waals surface area contributed by atoms with Gasteiger partial charge in [-0.05, 0) is 24.6 Å². The number of sulfone groups is 1. The summed E-state index contributed by atoms with van der Waals surface area (Å²) in [5.41, 5.74) is 7.03. The number of hydrogen-bond donors (Lipinski definition) is 2. The zero-order chi connectivity index (χ0) is 16.0. The van der Waals surface area contributed by atoms with Crippen molar-refractivity contribution in [2.45, 2.75) is 28.5 Å². The molecule has 0 amide bonds. The zero-order valence-electron chi connectivity index (χ0n) is 12.3. The molecule has 1 aliphatic rings. The molecule has 3 atom stereocenters. The molecular weight excluding hydrogens is 298 g/mol. The van der Waals surface area contributed by atoms with Crippen LogP contribution in [0.2, 0.25) is 0 Å². The van der Waals surface area contributed by atoms with E-state index < -0.39 is 20.6 Å². The molecule has 0 aliphatic heterocycles. The predicted octanol–water partition coefficient (Wildman–Crippen LogP) is 1.62. The van der Waals surface area contributed by atoms with Gasteiger partial charge in [0.25, 0.3) is 0 Å². The molecule has 2 aromatic rings. The second kappa shape index (κ2) is 5.19. The summed E-state index contributed by atoms with van der Waals surface area (Å²) < 4.78 is 25.7. The molecule has 116 valence electrons. The fraction of sp³-hybridized carbons (Fsp3) is 0.294. The smallest absolute Gasteiger partial charge is 0.183 e. The summed E-state index contributed by atoms with van der Waals surface area (Å²) in [6.07, 6.45) is 0. The van der Waals surface area contributed by atoms with E-state index in [1.807, 2.05) is 31.2 Å². The Bertz CT molecular complexity index is 771. The number of aliphatic hydroxyl groups is 1. The highest BCUT2D eigenvalue weighted by Gasteiger charge is 2.68. The molecule has 0 heterocycles. The summed E-state index contributed by atoms with van der Waals surface area (Å²) in [7, 11) is -3.58. The van der Waals surface area contributed by atoms with Crippen LogP contribution in [-0.2, 0) is 9.84 Å². The Labute approximate surface area is 130 Å². The van der Waals surface area contributed by atoms with Gasteiger partial charge in [-0.1, -0.05) is 48.0 Å². The van der Waals surface area contributed by atoms with Crippen molar-refractivity contribution in [1.29, 1.82) is 0 Å². The van der Waals surface area contributed by atoms with Crippen LogP contribution in [-0.4, -0.2) is 30.9 Å². The Kier molecular flexibility index (Phi) is 3.59. The van der Waals surface area contributed by atoms with Gasteiger partial charge in [0.15, 0.2) is 9.84 Å². The lowest BCUT2D eigenvalue weighted by atomic mass is 10.1. The van der Waals surface area contributed by atoms with E-state index in [-0.39, 0.29) is 17.4 Å². The van der Waals surface area contributed by atoms with Crippen molar-refractivity contribution in [2.24, 2.45) is 5.73 Å². The summed E-state index contributed by atoms with van der Waals surface area (Å²) in [6, 6.07) is 15.9. The predicted molar refractivity (Wildman–Crippen MR) is 85.3 cm³/mol. The van der Waals surface area contributed by atoms with Gasteiger partial charge in [0.2, 0.25) is 0 Å². The van der Waals surface area contributed by atoms with E-state index in [4.69, 9.17) is 5.73 Å². The maximum Gasteiger partial charge on any atom is 0.183 e. The summed E-state index contributed by atoms with van der Waals surface area (Å²) in [5, 5.41) is 8.85. The van der Waals surface area contributed by atoms with E-state index in [0.29, 0.717) is 0 Å². The number of rotatable bonds is 4. The number of nitrogens with two attached hydrogens (primary N) is 1. The van der Waals surface area contributed by atoms with Gasteiger partial charge < -0.3 is 10.8 Å². The summed E-state index contributed by atoms with van der Waals surface area (Å²) >= 11 is 0. The van der Waals surface area contributed by atoms with Crippen LogP contribution in [0.3, 0.4) is 0 Å². The summed E-state index contributed by atoms with van der Waals surface area (Å²) in [4.78, 5) is 0.248. The molecule has 1 fully saturated rings. The molecule has 1 aliphatic carbocycles. The van der Waals surface area contributed by atoms with Crippen molar-refractivity contribution >= 4 is 9.84 Å². The van der Waals surface area contributed by atoms with Crippen molar-refractivity contribution < 1.29 is 13.5 Å². The molecule has 22 heavy (non-hydrogen) atoms. The zero-order valence-corrected chi connectivity index (χ0v) is 13.1. The molecule has 0 aromatic heterocycles. The van der Waals surface area contributed by atoms with E-state index in [1.54, 1.807) is 30.3 Å². The van der Waals surface area contributed by atoms with Crippen LogP contribution in [0.15, 0.2) is 59.5 Å². The van der Waals surface area contributed by atoms with Crippen LogP contribution in [0.25, 0.3) is 0 Å². The fourth-order valence-electron chi connectivity index (χ4n) is 3.09. The van der Waals surface area contributed by atoms with Crippen molar-refractivity contribution in [2.75, 3.05) is 6.61 Å². The number of hydrogen-bond acceptors (Lipinski definition) is 4. The van der Waals surface area contributed by atoms with Crippen molar-refractivity contribution in [1.82, 2.24) is 0 Å². The van der Waals surface area contributed by atoms with Gasteiger partial charge in [-0.15, -0.1) is 0 Å². The Balaban J connectivity index is 2.02. The first-order valence-corrected chi connectivity index (χ1v) is 8.71. The molecule has 3 unspecified atom stereocenters. The van der Waals surface area contributed by atoms with Gasteiger partial charge >= 0.3 is 0 Å². The average Bonchev–Trinajstić information content (AvgIpc) is 3.17. The summed E-state index contributed by atoms with van der Waals surface area (Å²) in [6.45, 7) is 1.61. The van der Waals surface area contributed by atoms with Crippen molar-refractivity contribution in [3.8, 4) is 0 Å². The maximum atomic E-state index is 12.8. The molecule has 0 radical (unpaired) electrons. The van der Waals surface area contributed by atoms with Crippen LogP contribution in [0.5, 0.6) is 0 Å². The van der Waals surface area contributed by atoms with E-state index in [1.165, 1.54) is 0 Å². The first-order chi connectivity index (χ1) is 10.4. The lowest BCUT2D eigenvalue weighted by Crippen LogP contribution is -2.35. The first-order valence-electron chi connectivity index (χ1n) is 7.16. The third kappa shape index (κ3) is 2.26. The monoisotopic (exact) mass is 317 g/mol. The molecule has 1 saturated carbocycles. The van der Waals surface area contributed by atoms with Crippen LogP contribution >= 0.6 is 0 Å². The standard InChI is InChI=1S/C17H19NO3S/c1-12-7-9-13(10-8-12)15-16(17(15,18)11-19)22(20,21)14-5-3-2-4-6-14/h2-10,15-16,19H,11,18H2,1H3. The first kappa shape index (κ1) is 15.2. The van der Waals surface area contributed by atoms with Gasteiger partial charge in [-0.25, -0.2) is 8.42 Å². The lowest BCUT2D eigenvalue weighted by molar-refractivity contribution is 0.253. The minimum atomic E-state index is -3.58. The van der Waals surface area contributed by atoms with Gasteiger partial charge in [0.1, 0.15) is 0 Å². The van der Waals surface area contributed by atoms with Crippen molar-refractivity contribution in [3.05, 3.63) is 65.7 Å². The number of benzene rings is 2. The highest BCUT2D eigenvalue weighted by molar-refractivity contribution is 7.92. The highest BCUT2D eigenvalue weighted by Crippen LogP contribution is 2.55. The Morgan fingerprint density at radius 1 is 1.09 bits per heavy atom. The van der Waals surface area contributed by atoms with Gasteiger partial charge in [0.05, 0.1) is 22.3 Å². The minimum Gasteiger partial charge on any atom is -0.394 e. The van der Waals surface area contributed by atoms with Crippen LogP contribution in [0, 0.1) is 6.92 Å². The normalized spacial score (nSPS) is 27.6. The quantitative estimate of drug-likeness (QED) is 0.898. The molecule has 3 rings (SSSR count). The van der Waals surface area contributed by atoms with Gasteiger partial charge in [-0.3, -0.25) is 0 Å². The molecule has 0 spiro atoms. The fourth-order valence-corrected chi connectivity index (χ4v) is 5.41. The van der Waals surface area contributed by atoms with Crippen molar-refractivity contribution in [3.63, 3.8) is 0 Å². The van der Waals surface area contributed by atoms with Gasteiger partial charge in [0, 0.05) is 5.92 Å². The Morgan fingerprint density at radius 2 is 1.68 bits per heavy atom. The largest absolute Gasteiger partial charge is 0.394 e. The van der Waals surface area contributed by atoms with Crippen LogP contribution < -0.4 is 5.73 Å². The third-order valence-electron chi connectivity index (χ3n) is 4.42. The second-order valence-electron chi connectivity index (χ2n) is 5.94. The average molecular weight is 317 g/mol. The van der Waals surface area contributed by atoms with E-state index in [2.05, 4.69) is 0 Å². The Hall–Kier alpha value is -1.69. The van der Waals surface area contributed by atoms with E-state index in [9.17, 15) is 13.5 Å². The molecular formula is C17H19NO3S. The van der Waals surface area contributed by atoms with E-state index >= 15 is 0 Å². The van der Waals surface area contributed by atoms with E-state index in [0.717, 1.165) is 11.1 Å². The topological polar surface area (TPSA) is 80.4 Å². The third-order valence-corrected chi connectivity index (χ3v) is 6.73. The minimum absolute atomic E-state index is 0.248. The molecule has 0 saturated heterocycles. The number of aliphatic hydroxyl groups excluding tert-OH is 1. The van der Waals surface area contributed by atoms with Crippen LogP contribution in [0.4, 0.5) is 0 Å². The molecule has 0 bridgehead atoms. The second-order valence-corrected chi connectivity index (χ2v) is 8.01. The molecule has 2 aromatic carbocycles. The highest BCUT2D eigenvalue weighted by atomic mass is 32.2.